The summed E-state index contributed by atoms with van der Waals surface area (Å²) in [5, 5.41) is 17.4. The van der Waals surface area contributed by atoms with Gasteiger partial charge in [-0.1, -0.05) is 32.9 Å². The van der Waals surface area contributed by atoms with E-state index in [0.717, 1.165) is 6.92 Å². The second kappa shape index (κ2) is 18.5. The fourth-order valence-electron chi connectivity index (χ4n) is 9.34. The molecule has 5 heterocycles. The predicted molar refractivity (Wildman–Crippen MR) is 217 cm³/mol. The third kappa shape index (κ3) is 8.95. The van der Waals surface area contributed by atoms with Crippen molar-refractivity contribution >= 4 is 40.5 Å². The van der Waals surface area contributed by atoms with E-state index in [0.29, 0.717) is 36.3 Å². The molecule has 336 valence electrons. The SMILES string of the molecule is CC[C@H]1OC(=O)[C@@](C)(F)C(=O)C(C)[C@@H](O[C@@H]2O[C@H](C)C[C@H](N(C)C)C2O)[C@](C)(OC)C[C@@H](C)/C(=N\OC)[C@H](C)[C@H]2N(NCCCn3cnc4c(N)ncnc43)C(=O)O[C@]12C. The van der Waals surface area contributed by atoms with Crippen LogP contribution in [0, 0.1) is 17.8 Å². The summed E-state index contributed by atoms with van der Waals surface area (Å²) in [5.74, 6) is -4.82. The van der Waals surface area contributed by atoms with E-state index in [9.17, 15) is 19.5 Å². The van der Waals surface area contributed by atoms with Crippen LogP contribution in [0.1, 0.15) is 81.1 Å². The summed E-state index contributed by atoms with van der Waals surface area (Å²) < 4.78 is 49.7. The van der Waals surface area contributed by atoms with Crippen LogP contribution in [0.2, 0.25) is 0 Å². The zero-order valence-corrected chi connectivity index (χ0v) is 36.9. The monoisotopic (exact) mass is 849 g/mol. The first-order valence-corrected chi connectivity index (χ1v) is 20.6. The van der Waals surface area contributed by atoms with Gasteiger partial charge < -0.3 is 48.8 Å². The maximum Gasteiger partial charge on any atom is 0.425 e. The highest BCUT2D eigenvalue weighted by atomic mass is 19.1. The molecule has 0 bridgehead atoms. The minimum Gasteiger partial charge on any atom is -0.455 e. The van der Waals surface area contributed by atoms with Crippen LogP contribution in [0.4, 0.5) is 15.0 Å². The number of alkyl halides is 1. The number of cyclic esters (lactones) is 1. The summed E-state index contributed by atoms with van der Waals surface area (Å²) in [6.45, 7) is 13.7. The fraction of sp³-hybridized carbons (Fsp3) is 0.775. The van der Waals surface area contributed by atoms with Gasteiger partial charge in [-0.05, 0) is 67.5 Å². The number of anilines is 1. The van der Waals surface area contributed by atoms with Crippen LogP contribution >= 0.6 is 0 Å². The molecule has 60 heavy (non-hydrogen) atoms. The van der Waals surface area contributed by atoms with E-state index in [2.05, 4.69) is 25.5 Å². The number of Topliss-reactive ketones (excluding diaryl/α,β-unsaturated/α-hetero) is 1. The van der Waals surface area contributed by atoms with E-state index >= 15 is 4.39 Å². The Morgan fingerprint density at radius 3 is 2.43 bits per heavy atom. The minimum atomic E-state index is -3.18. The number of esters is 1. The second-order valence-corrected chi connectivity index (χ2v) is 17.2. The molecule has 4 N–H and O–H groups in total. The molecule has 3 aliphatic rings. The number of imidazole rings is 1. The number of halogens is 1. The molecule has 2 unspecified atom stereocenters. The minimum absolute atomic E-state index is 0.0903. The van der Waals surface area contributed by atoms with Gasteiger partial charge in [0.15, 0.2) is 29.1 Å². The van der Waals surface area contributed by atoms with Crippen LogP contribution in [0.25, 0.3) is 11.2 Å². The maximum atomic E-state index is 17.0. The topological polar surface area (TPSA) is 227 Å². The molecule has 2 aromatic rings. The van der Waals surface area contributed by atoms with Crippen LogP contribution in [0.3, 0.4) is 0 Å². The Morgan fingerprint density at radius 1 is 1.10 bits per heavy atom. The quantitative estimate of drug-likeness (QED) is 0.128. The summed E-state index contributed by atoms with van der Waals surface area (Å²) in [4.78, 5) is 62.2. The number of nitrogens with zero attached hydrogens (tertiary/aromatic N) is 7. The van der Waals surface area contributed by atoms with E-state index in [4.69, 9.17) is 34.3 Å². The lowest BCUT2D eigenvalue weighted by molar-refractivity contribution is -0.295. The van der Waals surface area contributed by atoms with Gasteiger partial charge in [0.2, 0.25) is 0 Å². The smallest absolute Gasteiger partial charge is 0.425 e. The number of carbonyl (C=O) groups excluding carboxylic acids is 3. The lowest BCUT2D eigenvalue weighted by atomic mass is 9.73. The van der Waals surface area contributed by atoms with Gasteiger partial charge in [-0.15, -0.1) is 0 Å². The first kappa shape index (κ1) is 47.0. The molecule has 20 heteroatoms. The van der Waals surface area contributed by atoms with E-state index in [1.54, 1.807) is 27.1 Å². The van der Waals surface area contributed by atoms with Crippen molar-refractivity contribution < 1.29 is 52.4 Å². The number of amides is 1. The van der Waals surface area contributed by atoms with Crippen LogP contribution < -0.4 is 11.2 Å². The Hall–Kier alpha value is -4.08. The number of ketones is 1. The second-order valence-electron chi connectivity index (χ2n) is 17.2. The van der Waals surface area contributed by atoms with Gasteiger partial charge in [-0.3, -0.25) is 4.79 Å². The van der Waals surface area contributed by atoms with Crippen molar-refractivity contribution in [2.75, 3.05) is 40.6 Å². The number of aromatic nitrogens is 4. The number of oxime groups is 1. The van der Waals surface area contributed by atoms with Crippen LogP contribution in [0.5, 0.6) is 0 Å². The van der Waals surface area contributed by atoms with Gasteiger partial charge in [0.1, 0.15) is 37.2 Å². The number of ether oxygens (including phenoxy) is 5. The zero-order valence-electron chi connectivity index (χ0n) is 36.9. The number of nitrogens with two attached hydrogens (primary N) is 1. The first-order chi connectivity index (χ1) is 28.2. The number of nitrogen functional groups attached to an aromatic ring is 1. The summed E-state index contributed by atoms with van der Waals surface area (Å²) in [7, 11) is 6.52. The highest BCUT2D eigenvalue weighted by Gasteiger charge is 2.62. The van der Waals surface area contributed by atoms with E-state index in [-0.39, 0.29) is 37.4 Å². The normalized spacial score (nSPS) is 37.9. The standard InChI is InChI=1S/C40H64FN9O10/c1-13-26-40(8)30(50(37(54)60-40)46-15-14-16-49-20-45-28-33(42)43-19-44-34(28)49)23(4)27(47-56-12)21(2)18-38(6,55-11)32(24(5)31(52)39(7,41)36(53)58-26)59-35-29(51)25(48(9)10)17-22(3)57-35/h19-26,29-30,32,35,46,51H,13-18H2,1-12H3,(H2,42,43,44)/b47-27+/t21-,22-,23+,24?,25+,26-,29?,30-,32-,35+,38-,39+,40-/m1/s1. The molecule has 3 saturated heterocycles. The number of aliphatic hydroxyl groups excluding tert-OH is 1. The molecule has 0 aliphatic carbocycles. The highest BCUT2D eigenvalue weighted by Crippen LogP contribution is 2.43. The number of hydrogen-bond donors (Lipinski definition) is 3. The molecule has 0 spiro atoms. The molecule has 13 atom stereocenters. The van der Waals surface area contributed by atoms with E-state index in [1.165, 1.54) is 32.5 Å². The summed E-state index contributed by atoms with van der Waals surface area (Å²) in [5.41, 5.74) is 4.56. The van der Waals surface area contributed by atoms with Crippen molar-refractivity contribution in [2.45, 2.75) is 147 Å². The number of aliphatic hydroxyl groups is 1. The Balaban J connectivity index is 1.54. The van der Waals surface area contributed by atoms with Crippen molar-refractivity contribution in [1.29, 1.82) is 0 Å². The fourth-order valence-corrected chi connectivity index (χ4v) is 9.34. The van der Waals surface area contributed by atoms with Crippen molar-refractivity contribution in [2.24, 2.45) is 22.9 Å². The molecule has 19 nitrogen and oxygen atoms in total. The van der Waals surface area contributed by atoms with Gasteiger partial charge in [-0.2, -0.15) is 0 Å². The Morgan fingerprint density at radius 2 is 1.80 bits per heavy atom. The Labute approximate surface area is 350 Å². The van der Waals surface area contributed by atoms with Crippen molar-refractivity contribution in [3.63, 3.8) is 0 Å². The zero-order chi connectivity index (χ0) is 44.5. The molecule has 5 rings (SSSR count). The molecule has 3 fully saturated rings. The number of carbonyl (C=O) groups is 3. The number of fused-ring (bicyclic) bond motifs is 2. The molecular formula is C40H64FN9O10. The maximum absolute atomic E-state index is 17.0. The third-order valence-corrected chi connectivity index (χ3v) is 12.6. The summed E-state index contributed by atoms with van der Waals surface area (Å²) >= 11 is 0. The summed E-state index contributed by atoms with van der Waals surface area (Å²) in [6, 6.07) is -1.27. The van der Waals surface area contributed by atoms with Crippen molar-refractivity contribution in [3.8, 4) is 0 Å². The van der Waals surface area contributed by atoms with Gasteiger partial charge in [0.25, 0.3) is 5.67 Å². The number of likely N-dealkylation sites (N-methyl/N-ethyl adjacent to an activating group) is 1. The first-order valence-electron chi connectivity index (χ1n) is 20.6. The van der Waals surface area contributed by atoms with Crippen molar-refractivity contribution in [1.82, 2.24) is 34.9 Å². The molecule has 0 radical (unpaired) electrons. The van der Waals surface area contributed by atoms with Gasteiger partial charge in [0.05, 0.1) is 29.8 Å². The lowest BCUT2D eigenvalue weighted by Crippen LogP contribution is -2.62. The molecule has 2 aromatic heterocycles. The molecule has 1 amide bonds. The molecule has 0 saturated carbocycles. The number of aryl methyl sites for hydroxylation is 1. The van der Waals surface area contributed by atoms with E-state index in [1.807, 2.05) is 44.3 Å². The average molecular weight is 850 g/mol. The lowest BCUT2D eigenvalue weighted by Gasteiger charge is -2.47. The number of rotatable bonds is 11. The summed E-state index contributed by atoms with van der Waals surface area (Å²) in [6.07, 6.45) is -1.77. The third-order valence-electron chi connectivity index (χ3n) is 12.6. The van der Waals surface area contributed by atoms with Gasteiger partial charge in [-0.25, -0.2) is 39.4 Å². The average Bonchev–Trinajstić information content (AvgIpc) is 3.73. The van der Waals surface area contributed by atoms with Gasteiger partial charge >= 0.3 is 12.1 Å². The molecular weight excluding hydrogens is 785 g/mol. The number of hydrazine groups is 1. The van der Waals surface area contributed by atoms with Crippen LogP contribution in [-0.4, -0.2) is 153 Å². The molecule has 3 aliphatic heterocycles. The van der Waals surface area contributed by atoms with Crippen molar-refractivity contribution in [3.05, 3.63) is 12.7 Å². The Bertz CT molecular complexity index is 1880. The Kier molecular flexibility index (Phi) is 14.5. The predicted octanol–water partition coefficient (Wildman–Crippen LogP) is 3.03. The van der Waals surface area contributed by atoms with Crippen LogP contribution in [-0.2, 0) is 44.7 Å². The number of hydrogen-bond acceptors (Lipinski definition) is 17. The van der Waals surface area contributed by atoms with Crippen LogP contribution in [0.15, 0.2) is 17.8 Å². The van der Waals surface area contributed by atoms with Gasteiger partial charge in [0, 0.05) is 44.0 Å². The number of methoxy groups -OCH3 is 1. The highest BCUT2D eigenvalue weighted by molar-refractivity contribution is 6.08. The van der Waals surface area contributed by atoms with E-state index < -0.39 is 83.1 Å². The largest absolute Gasteiger partial charge is 0.455 e. The number of nitrogens with one attached hydrogen (secondary N) is 1. The molecule has 0 aromatic carbocycles.